The van der Waals surface area contributed by atoms with E-state index in [1.807, 2.05) is 78.9 Å². The molecule has 2 amide bonds. The largest absolute Gasteiger partial charge is 0.494 e. The molecule has 178 valence electrons. The van der Waals surface area contributed by atoms with E-state index in [0.717, 1.165) is 35.5 Å². The van der Waals surface area contributed by atoms with Crippen LogP contribution < -0.4 is 10.1 Å². The Kier molecular flexibility index (Phi) is 7.52. The number of carbonyl (C=O) groups excluding carboxylic acids is 2. The van der Waals surface area contributed by atoms with E-state index in [-0.39, 0.29) is 23.6 Å². The molecule has 0 bridgehead atoms. The second-order valence-corrected chi connectivity index (χ2v) is 9.11. The van der Waals surface area contributed by atoms with Gasteiger partial charge in [0.05, 0.1) is 18.4 Å². The molecule has 2 heterocycles. The summed E-state index contributed by atoms with van der Waals surface area (Å²) >= 11 is 1.32. The molecule has 1 unspecified atom stereocenters. The molecule has 2 aromatic carbocycles. The average molecular weight is 480 g/mol. The molecule has 34 heavy (non-hydrogen) atoms. The van der Waals surface area contributed by atoms with Crippen LogP contribution in [0.25, 0.3) is 0 Å². The van der Waals surface area contributed by atoms with Crippen molar-refractivity contribution in [3.05, 3.63) is 65.5 Å². The third-order valence-corrected chi connectivity index (χ3v) is 6.86. The molecule has 8 nitrogen and oxygen atoms in total. The summed E-state index contributed by atoms with van der Waals surface area (Å²) in [7, 11) is 1.89. The molecule has 1 fully saturated rings. The zero-order chi connectivity index (χ0) is 24.1. The quantitative estimate of drug-likeness (QED) is 0.487. The molecule has 0 saturated carbocycles. The Balaban J connectivity index is 1.39. The molecule has 1 aromatic heterocycles. The number of aryl methyl sites for hydroxylation is 1. The lowest BCUT2D eigenvalue weighted by atomic mass is 10.1. The van der Waals surface area contributed by atoms with Crippen molar-refractivity contribution in [2.45, 2.75) is 37.9 Å². The fourth-order valence-corrected chi connectivity index (χ4v) is 4.83. The number of hydrogen-bond acceptors (Lipinski definition) is 6. The molecule has 1 N–H and O–H groups in total. The SMILES string of the molecule is CCOc1ccc(NC(=O)CSc2nnc(C3CCCN3C(=O)c3ccccc3C)n2C)cc1. The van der Waals surface area contributed by atoms with Gasteiger partial charge >= 0.3 is 0 Å². The average Bonchev–Trinajstić information content (AvgIpc) is 3.45. The number of amides is 2. The molecule has 1 atom stereocenters. The van der Waals surface area contributed by atoms with Gasteiger partial charge in [-0.25, -0.2) is 0 Å². The topological polar surface area (TPSA) is 89.3 Å². The molecule has 0 radical (unpaired) electrons. The number of carbonyl (C=O) groups is 2. The van der Waals surface area contributed by atoms with Crippen molar-refractivity contribution in [2.75, 3.05) is 24.2 Å². The summed E-state index contributed by atoms with van der Waals surface area (Å²) in [6, 6.07) is 14.8. The van der Waals surface area contributed by atoms with Crippen molar-refractivity contribution < 1.29 is 14.3 Å². The number of nitrogens with one attached hydrogen (secondary N) is 1. The lowest BCUT2D eigenvalue weighted by molar-refractivity contribution is -0.113. The monoisotopic (exact) mass is 479 g/mol. The van der Waals surface area contributed by atoms with Crippen LogP contribution in [0.3, 0.4) is 0 Å². The van der Waals surface area contributed by atoms with Gasteiger partial charge in [0.1, 0.15) is 5.75 Å². The van der Waals surface area contributed by atoms with Gasteiger partial charge < -0.3 is 19.5 Å². The lowest BCUT2D eigenvalue weighted by Gasteiger charge is -2.24. The van der Waals surface area contributed by atoms with Crippen molar-refractivity contribution in [2.24, 2.45) is 7.05 Å². The van der Waals surface area contributed by atoms with Gasteiger partial charge in [-0.15, -0.1) is 10.2 Å². The van der Waals surface area contributed by atoms with E-state index in [4.69, 9.17) is 4.74 Å². The highest BCUT2D eigenvalue weighted by Gasteiger charge is 2.34. The minimum atomic E-state index is -0.129. The number of anilines is 1. The summed E-state index contributed by atoms with van der Waals surface area (Å²) in [5, 5.41) is 12.2. The number of likely N-dealkylation sites (tertiary alicyclic amines) is 1. The summed E-state index contributed by atoms with van der Waals surface area (Å²) in [6.07, 6.45) is 1.76. The van der Waals surface area contributed by atoms with Crippen LogP contribution >= 0.6 is 11.8 Å². The molecule has 1 saturated heterocycles. The first-order valence-corrected chi connectivity index (χ1v) is 12.4. The molecular weight excluding hydrogens is 450 g/mol. The summed E-state index contributed by atoms with van der Waals surface area (Å²) in [6.45, 7) is 5.17. The van der Waals surface area contributed by atoms with Crippen LogP contribution in [0.15, 0.2) is 53.7 Å². The van der Waals surface area contributed by atoms with E-state index in [0.29, 0.717) is 24.0 Å². The van der Waals surface area contributed by atoms with Crippen molar-refractivity contribution >= 4 is 29.3 Å². The van der Waals surface area contributed by atoms with Crippen LogP contribution in [-0.2, 0) is 11.8 Å². The Morgan fingerprint density at radius 1 is 1.15 bits per heavy atom. The maximum absolute atomic E-state index is 13.2. The van der Waals surface area contributed by atoms with E-state index in [2.05, 4.69) is 15.5 Å². The number of hydrogen-bond donors (Lipinski definition) is 1. The normalized spacial score (nSPS) is 15.4. The summed E-state index contributed by atoms with van der Waals surface area (Å²) in [5.74, 6) is 1.61. The van der Waals surface area contributed by atoms with Crippen molar-refractivity contribution in [3.63, 3.8) is 0 Å². The van der Waals surface area contributed by atoms with E-state index in [9.17, 15) is 9.59 Å². The minimum Gasteiger partial charge on any atom is -0.494 e. The molecule has 0 aliphatic carbocycles. The highest BCUT2D eigenvalue weighted by atomic mass is 32.2. The van der Waals surface area contributed by atoms with Gasteiger partial charge in [0.25, 0.3) is 5.91 Å². The molecule has 4 rings (SSSR count). The van der Waals surface area contributed by atoms with Gasteiger partial charge in [-0.2, -0.15) is 0 Å². The zero-order valence-electron chi connectivity index (χ0n) is 19.7. The maximum Gasteiger partial charge on any atom is 0.254 e. The van der Waals surface area contributed by atoms with Crippen LogP contribution in [0.1, 0.15) is 47.6 Å². The van der Waals surface area contributed by atoms with Gasteiger partial charge in [0, 0.05) is 24.8 Å². The number of aromatic nitrogens is 3. The number of ether oxygens (including phenoxy) is 1. The number of benzene rings is 2. The molecule has 3 aromatic rings. The molecule has 1 aliphatic heterocycles. The van der Waals surface area contributed by atoms with E-state index in [1.165, 1.54) is 11.8 Å². The standard InChI is InChI=1S/C25H29N5O3S/c1-4-33-19-13-11-18(12-14-19)26-22(31)16-34-25-28-27-23(29(25)3)21-10-7-15-30(21)24(32)20-9-6-5-8-17(20)2/h5-6,8-9,11-14,21H,4,7,10,15-16H2,1-3H3,(H,26,31). The first-order chi connectivity index (χ1) is 16.5. The highest BCUT2D eigenvalue weighted by molar-refractivity contribution is 7.99. The first kappa shape index (κ1) is 23.8. The maximum atomic E-state index is 13.2. The summed E-state index contributed by atoms with van der Waals surface area (Å²) in [5.41, 5.74) is 2.40. The van der Waals surface area contributed by atoms with E-state index >= 15 is 0 Å². The van der Waals surface area contributed by atoms with Crippen LogP contribution in [-0.4, -0.2) is 50.4 Å². The van der Waals surface area contributed by atoms with Gasteiger partial charge in [-0.1, -0.05) is 30.0 Å². The third kappa shape index (κ3) is 5.25. The van der Waals surface area contributed by atoms with E-state index < -0.39 is 0 Å². The molecular formula is C25H29N5O3S. The van der Waals surface area contributed by atoms with Crippen LogP contribution in [0.4, 0.5) is 5.69 Å². The Morgan fingerprint density at radius 3 is 2.65 bits per heavy atom. The Bertz CT molecular complexity index is 1160. The zero-order valence-corrected chi connectivity index (χ0v) is 20.5. The fourth-order valence-electron chi connectivity index (χ4n) is 4.12. The Hall–Kier alpha value is -3.33. The van der Waals surface area contributed by atoms with E-state index in [1.54, 1.807) is 0 Å². The van der Waals surface area contributed by atoms with Crippen LogP contribution in [0.2, 0.25) is 0 Å². The summed E-state index contributed by atoms with van der Waals surface area (Å²) < 4.78 is 7.31. The predicted molar refractivity (Wildman–Crippen MR) is 132 cm³/mol. The van der Waals surface area contributed by atoms with Crippen LogP contribution in [0.5, 0.6) is 5.75 Å². The Labute approximate surface area is 203 Å². The minimum absolute atomic E-state index is 0.0209. The van der Waals surface area contributed by atoms with Crippen molar-refractivity contribution in [1.29, 1.82) is 0 Å². The van der Waals surface area contributed by atoms with Crippen molar-refractivity contribution in [3.8, 4) is 5.75 Å². The number of rotatable bonds is 8. The first-order valence-electron chi connectivity index (χ1n) is 11.4. The smallest absolute Gasteiger partial charge is 0.254 e. The molecule has 1 aliphatic rings. The molecule has 0 spiro atoms. The molecule has 9 heteroatoms. The van der Waals surface area contributed by atoms with Crippen LogP contribution in [0, 0.1) is 6.92 Å². The van der Waals surface area contributed by atoms with Gasteiger partial charge in [-0.05, 0) is 62.6 Å². The summed E-state index contributed by atoms with van der Waals surface area (Å²) in [4.78, 5) is 27.5. The van der Waals surface area contributed by atoms with Crippen molar-refractivity contribution in [1.82, 2.24) is 19.7 Å². The second-order valence-electron chi connectivity index (χ2n) is 8.17. The van der Waals surface area contributed by atoms with Gasteiger partial charge in [0.15, 0.2) is 11.0 Å². The Morgan fingerprint density at radius 2 is 1.91 bits per heavy atom. The fraction of sp³-hybridized carbons (Fsp3) is 0.360. The number of thioether (sulfide) groups is 1. The second kappa shape index (κ2) is 10.7. The lowest BCUT2D eigenvalue weighted by Crippen LogP contribution is -2.32. The third-order valence-electron chi connectivity index (χ3n) is 5.84. The van der Waals surface area contributed by atoms with Gasteiger partial charge in [-0.3, -0.25) is 9.59 Å². The highest BCUT2D eigenvalue weighted by Crippen LogP contribution is 2.33. The predicted octanol–water partition coefficient (Wildman–Crippen LogP) is 4.23. The number of nitrogens with zero attached hydrogens (tertiary/aromatic N) is 4. The van der Waals surface area contributed by atoms with Gasteiger partial charge in [0.2, 0.25) is 5.91 Å².